The zero-order valence-corrected chi connectivity index (χ0v) is 17.6. The monoisotopic (exact) mass is 394 g/mol. The molecule has 0 spiro atoms. The van der Waals surface area contributed by atoms with Gasteiger partial charge in [-0.05, 0) is 29.3 Å². The Morgan fingerprint density at radius 1 is 0.852 bits per heavy atom. The van der Waals surface area contributed by atoms with Gasteiger partial charge in [0, 0.05) is 52.4 Å². The molecule has 1 aliphatic carbocycles. The van der Waals surface area contributed by atoms with Crippen molar-refractivity contribution in [3.8, 4) is 21.6 Å². The van der Waals surface area contributed by atoms with Crippen LogP contribution in [0.25, 0.3) is 31.7 Å². The lowest BCUT2D eigenvalue weighted by Gasteiger charge is -2.18. The highest BCUT2D eigenvalue weighted by molar-refractivity contribution is 7.21. The van der Waals surface area contributed by atoms with Gasteiger partial charge in [0.15, 0.2) is 0 Å². The smallest absolute Gasteiger partial charge is 0.200 e. The molecule has 0 amide bonds. The molecule has 0 bridgehead atoms. The van der Waals surface area contributed by atoms with Crippen molar-refractivity contribution in [2.75, 3.05) is 33.1 Å². The van der Waals surface area contributed by atoms with Gasteiger partial charge in [-0.15, -0.1) is 11.3 Å². The van der Waals surface area contributed by atoms with Gasteiger partial charge in [-0.3, -0.25) is 0 Å². The average molecular weight is 395 g/mol. The third-order valence-corrected chi connectivity index (χ3v) is 5.90. The summed E-state index contributed by atoms with van der Waals surface area (Å²) < 4.78 is 3.48. The topological polar surface area (TPSA) is 6.25 Å². The summed E-state index contributed by atoms with van der Waals surface area (Å²) in [6.45, 7) is 0. The molecule has 0 radical (unpaired) electrons. The Balaban J connectivity index is 0.00000210. The van der Waals surface area contributed by atoms with E-state index in [1.807, 2.05) is 11.3 Å². The maximum Gasteiger partial charge on any atom is 0.200 e. The Morgan fingerprint density at radius 3 is 2.26 bits per heavy atom. The van der Waals surface area contributed by atoms with Crippen LogP contribution < -0.4 is 27.2 Å². The van der Waals surface area contributed by atoms with Gasteiger partial charge in [-0.25, -0.2) is 4.58 Å². The molecule has 0 unspecified atom stereocenters. The Bertz CT molecular complexity index is 1130. The van der Waals surface area contributed by atoms with Gasteiger partial charge < -0.3 is 17.3 Å². The molecule has 1 heterocycles. The first-order valence-corrected chi connectivity index (χ1v) is 9.60. The zero-order chi connectivity index (χ0) is 18.3. The maximum absolute atomic E-state index is 2.30. The molecule has 4 heteroatoms. The lowest BCUT2D eigenvalue weighted by molar-refractivity contribution is -0.00000509. The first-order valence-electron chi connectivity index (χ1n) is 8.78. The molecule has 0 N–H and O–H groups in total. The Kier molecular flexibility index (Phi) is 5.54. The number of benzene rings is 3. The van der Waals surface area contributed by atoms with Crippen molar-refractivity contribution < 1.29 is 12.4 Å². The Morgan fingerprint density at radius 2 is 1.59 bits per heavy atom. The standard InChI is InChI=1S/C23H23N2S.ClH/c1-24(2)17-10-12-19-21(14-17)26-22-15-18(25(3)4)11-13-20(22)23(19)16-8-6-5-7-9-16;/h5-15H,1-4H3;1H/q+1;/p-1. The van der Waals surface area contributed by atoms with E-state index < -0.39 is 0 Å². The molecule has 0 saturated carbocycles. The summed E-state index contributed by atoms with van der Waals surface area (Å²) in [5.41, 5.74) is 5.14. The van der Waals surface area contributed by atoms with Crippen molar-refractivity contribution in [2.45, 2.75) is 0 Å². The van der Waals surface area contributed by atoms with E-state index in [9.17, 15) is 0 Å². The van der Waals surface area contributed by atoms with Crippen LogP contribution in [0.1, 0.15) is 0 Å². The van der Waals surface area contributed by atoms with Crippen LogP contribution in [0.2, 0.25) is 0 Å². The van der Waals surface area contributed by atoms with Crippen molar-refractivity contribution in [3.63, 3.8) is 0 Å². The molecule has 2 aromatic carbocycles. The van der Waals surface area contributed by atoms with Gasteiger partial charge in [0.1, 0.15) is 14.1 Å². The van der Waals surface area contributed by atoms with Crippen LogP contribution >= 0.6 is 11.3 Å². The molecule has 0 atom stereocenters. The molecular formula is C23H23ClN2S. The van der Waals surface area contributed by atoms with Crippen molar-refractivity contribution >= 4 is 27.1 Å². The molecule has 1 aliphatic heterocycles. The quantitative estimate of drug-likeness (QED) is 0.371. The molecule has 2 aromatic rings. The minimum absolute atomic E-state index is 0. The largest absolute Gasteiger partial charge is 1.00 e. The van der Waals surface area contributed by atoms with Crippen molar-refractivity contribution in [2.24, 2.45) is 0 Å². The van der Waals surface area contributed by atoms with Crippen LogP contribution in [0, 0.1) is 0 Å². The van der Waals surface area contributed by atoms with Gasteiger partial charge in [0.2, 0.25) is 5.36 Å². The second-order valence-electron chi connectivity index (χ2n) is 6.99. The molecule has 0 saturated heterocycles. The van der Waals surface area contributed by atoms with Gasteiger partial charge in [-0.2, -0.15) is 0 Å². The summed E-state index contributed by atoms with van der Waals surface area (Å²) in [5.74, 6) is 0. The maximum atomic E-state index is 2.30. The van der Waals surface area contributed by atoms with Gasteiger partial charge in [0.05, 0.1) is 0 Å². The molecule has 0 aromatic heterocycles. The zero-order valence-electron chi connectivity index (χ0n) is 16.0. The van der Waals surface area contributed by atoms with Crippen LogP contribution in [0.15, 0.2) is 66.7 Å². The predicted octanol–water partition coefficient (Wildman–Crippen LogP) is 1.77. The minimum Gasteiger partial charge on any atom is -1.00 e. The number of fused-ring (bicyclic) bond motifs is 2. The van der Waals surface area contributed by atoms with E-state index >= 15 is 0 Å². The molecule has 138 valence electrons. The number of rotatable bonds is 2. The van der Waals surface area contributed by atoms with E-state index in [-0.39, 0.29) is 12.4 Å². The summed E-state index contributed by atoms with van der Waals surface area (Å²) in [7, 11) is 8.37. The van der Waals surface area contributed by atoms with Gasteiger partial charge >= 0.3 is 0 Å². The third kappa shape index (κ3) is 3.58. The van der Waals surface area contributed by atoms with Gasteiger partial charge in [-0.1, -0.05) is 36.4 Å². The second-order valence-corrected chi connectivity index (χ2v) is 8.08. The van der Waals surface area contributed by atoms with Crippen molar-refractivity contribution in [1.29, 1.82) is 0 Å². The fourth-order valence-corrected chi connectivity index (χ4v) is 4.50. The van der Waals surface area contributed by atoms with Crippen LogP contribution in [-0.4, -0.2) is 28.2 Å². The van der Waals surface area contributed by atoms with Crippen LogP contribution in [-0.2, 0) is 0 Å². The van der Waals surface area contributed by atoms with E-state index in [2.05, 4.69) is 104 Å². The number of hydrogen-bond acceptors (Lipinski definition) is 2. The summed E-state index contributed by atoms with van der Waals surface area (Å²) in [5, 5.41) is 2.55. The predicted molar refractivity (Wildman–Crippen MR) is 115 cm³/mol. The fourth-order valence-electron chi connectivity index (χ4n) is 3.34. The first-order chi connectivity index (χ1) is 12.5. The van der Waals surface area contributed by atoms with E-state index in [4.69, 9.17) is 0 Å². The van der Waals surface area contributed by atoms with E-state index in [0.717, 1.165) is 0 Å². The summed E-state index contributed by atoms with van der Waals surface area (Å²) in [6.07, 6.45) is 0. The molecule has 27 heavy (non-hydrogen) atoms. The molecule has 4 rings (SSSR count). The highest BCUT2D eigenvalue weighted by atomic mass is 35.5. The number of halogens is 1. The highest BCUT2D eigenvalue weighted by Crippen LogP contribution is 2.43. The SMILES string of the molecule is CN(C)c1ccc2c(-c3ccccc3)c3ccc(=[N+](C)C)cc-3sc2c1.[Cl-]. The lowest BCUT2D eigenvalue weighted by Crippen LogP contribution is -3.00. The van der Waals surface area contributed by atoms with E-state index in [1.165, 1.54) is 42.7 Å². The number of hydrogen-bond donors (Lipinski definition) is 0. The summed E-state index contributed by atoms with van der Waals surface area (Å²) >= 11 is 1.87. The molecule has 2 nitrogen and oxygen atoms in total. The average Bonchev–Trinajstić information content (AvgIpc) is 2.65. The highest BCUT2D eigenvalue weighted by Gasteiger charge is 2.16. The normalized spacial score (nSPS) is 10.7. The number of nitrogens with zero attached hydrogens (tertiary/aromatic N) is 2. The Hall–Kier alpha value is -2.36. The lowest BCUT2D eigenvalue weighted by atomic mass is 9.95. The van der Waals surface area contributed by atoms with Crippen LogP contribution in [0.5, 0.6) is 0 Å². The van der Waals surface area contributed by atoms with Crippen LogP contribution in [0.4, 0.5) is 5.69 Å². The fraction of sp³-hybridized carbons (Fsp3) is 0.174. The number of anilines is 1. The van der Waals surface area contributed by atoms with E-state index in [0.29, 0.717) is 0 Å². The third-order valence-electron chi connectivity index (χ3n) is 4.78. The van der Waals surface area contributed by atoms with Crippen molar-refractivity contribution in [1.82, 2.24) is 4.58 Å². The summed E-state index contributed by atoms with van der Waals surface area (Å²) in [6, 6.07) is 24.3. The minimum atomic E-state index is 0. The second kappa shape index (κ2) is 7.71. The van der Waals surface area contributed by atoms with Gasteiger partial charge in [0.25, 0.3) is 0 Å². The summed E-state index contributed by atoms with van der Waals surface area (Å²) in [4.78, 5) is 3.48. The first kappa shape index (κ1) is 19.4. The van der Waals surface area contributed by atoms with E-state index in [1.54, 1.807) is 0 Å². The Labute approximate surface area is 170 Å². The molecule has 0 fully saturated rings. The van der Waals surface area contributed by atoms with Crippen LogP contribution in [0.3, 0.4) is 0 Å². The van der Waals surface area contributed by atoms with Crippen molar-refractivity contribution in [3.05, 3.63) is 72.1 Å². The molecular weight excluding hydrogens is 372 g/mol. The molecule has 2 aliphatic rings.